The summed E-state index contributed by atoms with van der Waals surface area (Å²) in [5.41, 5.74) is 0.906. The molecule has 0 N–H and O–H groups in total. The maximum absolute atomic E-state index is 12.3. The van der Waals surface area contributed by atoms with Crippen molar-refractivity contribution >= 4 is 5.91 Å². The number of piperidine rings is 1. The molecule has 22 heavy (non-hydrogen) atoms. The SMILES string of the molecule is CCC=C(C)C(=O)N1CCN(C2CCN(CCC)CC2)CC1. The topological polar surface area (TPSA) is 26.8 Å². The number of carbonyl (C=O) groups is 1. The standard InChI is InChI=1S/C18H33N3O/c1-4-6-16(3)18(22)21-14-12-20(13-15-21)17-7-10-19(9-5-2)11-8-17/h6,17H,4-5,7-15H2,1-3H3. The molecule has 0 unspecified atom stereocenters. The summed E-state index contributed by atoms with van der Waals surface area (Å²) in [6.45, 7) is 13.9. The van der Waals surface area contributed by atoms with Gasteiger partial charge in [-0.1, -0.05) is 19.9 Å². The minimum Gasteiger partial charge on any atom is -0.336 e. The molecule has 0 aliphatic carbocycles. The summed E-state index contributed by atoms with van der Waals surface area (Å²) in [4.78, 5) is 19.6. The van der Waals surface area contributed by atoms with Crippen LogP contribution in [-0.2, 0) is 4.79 Å². The molecule has 126 valence electrons. The average Bonchev–Trinajstić information content (AvgIpc) is 2.55. The van der Waals surface area contributed by atoms with Crippen LogP contribution in [0.1, 0.15) is 46.5 Å². The Hall–Kier alpha value is -0.870. The van der Waals surface area contributed by atoms with E-state index in [2.05, 4.69) is 23.6 Å². The molecule has 2 aliphatic heterocycles. The van der Waals surface area contributed by atoms with Gasteiger partial charge in [0.05, 0.1) is 0 Å². The second-order valence-corrected chi connectivity index (χ2v) is 6.70. The first-order chi connectivity index (χ1) is 10.7. The zero-order valence-corrected chi connectivity index (χ0v) is 14.7. The number of hydrogen-bond acceptors (Lipinski definition) is 3. The van der Waals surface area contributed by atoms with Gasteiger partial charge in [0, 0.05) is 37.8 Å². The molecule has 2 rings (SSSR count). The summed E-state index contributed by atoms with van der Waals surface area (Å²) < 4.78 is 0. The Kier molecular flexibility index (Phi) is 6.90. The summed E-state index contributed by atoms with van der Waals surface area (Å²) >= 11 is 0. The van der Waals surface area contributed by atoms with E-state index in [9.17, 15) is 4.79 Å². The Labute approximate surface area is 136 Å². The van der Waals surface area contributed by atoms with Crippen molar-refractivity contribution in [2.45, 2.75) is 52.5 Å². The van der Waals surface area contributed by atoms with Gasteiger partial charge in [-0.05, 0) is 52.2 Å². The van der Waals surface area contributed by atoms with Gasteiger partial charge in [0.15, 0.2) is 0 Å². The lowest BCUT2D eigenvalue weighted by Crippen LogP contribution is -2.54. The molecule has 4 heteroatoms. The van der Waals surface area contributed by atoms with Crippen LogP contribution >= 0.6 is 0 Å². The lowest BCUT2D eigenvalue weighted by Gasteiger charge is -2.42. The molecule has 2 aliphatic rings. The van der Waals surface area contributed by atoms with Crippen LogP contribution in [0.25, 0.3) is 0 Å². The molecule has 2 saturated heterocycles. The van der Waals surface area contributed by atoms with E-state index in [0.717, 1.165) is 44.2 Å². The molecule has 0 radical (unpaired) electrons. The molecule has 0 aromatic heterocycles. The molecular weight excluding hydrogens is 274 g/mol. The number of nitrogens with zero attached hydrogens (tertiary/aromatic N) is 3. The van der Waals surface area contributed by atoms with Crippen LogP contribution in [0.5, 0.6) is 0 Å². The molecule has 1 amide bonds. The normalized spacial score (nSPS) is 23.0. The molecule has 2 heterocycles. The Balaban J connectivity index is 1.76. The predicted octanol–water partition coefficient (Wildman–Crippen LogP) is 2.36. The first-order valence-electron chi connectivity index (χ1n) is 9.08. The van der Waals surface area contributed by atoms with Crippen LogP contribution in [0.3, 0.4) is 0 Å². The van der Waals surface area contributed by atoms with E-state index < -0.39 is 0 Å². The molecule has 4 nitrogen and oxygen atoms in total. The maximum Gasteiger partial charge on any atom is 0.249 e. The highest BCUT2D eigenvalue weighted by molar-refractivity contribution is 5.92. The Bertz CT molecular complexity index is 378. The van der Waals surface area contributed by atoms with Gasteiger partial charge in [-0.25, -0.2) is 0 Å². The highest BCUT2D eigenvalue weighted by atomic mass is 16.2. The van der Waals surface area contributed by atoms with Crippen LogP contribution in [0.15, 0.2) is 11.6 Å². The van der Waals surface area contributed by atoms with Gasteiger partial charge in [0.1, 0.15) is 0 Å². The second kappa shape index (κ2) is 8.68. The lowest BCUT2D eigenvalue weighted by molar-refractivity contribution is -0.129. The van der Waals surface area contributed by atoms with Gasteiger partial charge in [0.2, 0.25) is 5.91 Å². The Morgan fingerprint density at radius 2 is 1.68 bits per heavy atom. The van der Waals surface area contributed by atoms with Crippen LogP contribution in [0, 0.1) is 0 Å². The molecule has 0 atom stereocenters. The fraction of sp³-hybridized carbons (Fsp3) is 0.833. The Morgan fingerprint density at radius 1 is 1.05 bits per heavy atom. The van der Waals surface area contributed by atoms with Gasteiger partial charge in [0.25, 0.3) is 0 Å². The van der Waals surface area contributed by atoms with E-state index in [1.54, 1.807) is 0 Å². The zero-order chi connectivity index (χ0) is 15.9. The van der Waals surface area contributed by atoms with Gasteiger partial charge in [-0.3, -0.25) is 9.69 Å². The number of likely N-dealkylation sites (tertiary alicyclic amines) is 1. The van der Waals surface area contributed by atoms with Gasteiger partial charge >= 0.3 is 0 Å². The molecule has 0 bridgehead atoms. The highest BCUT2D eigenvalue weighted by Gasteiger charge is 2.28. The molecule has 0 aromatic rings. The summed E-state index contributed by atoms with van der Waals surface area (Å²) in [5.74, 6) is 0.235. The van der Waals surface area contributed by atoms with Crippen molar-refractivity contribution in [3.05, 3.63) is 11.6 Å². The molecule has 0 spiro atoms. The number of allylic oxidation sites excluding steroid dienone is 1. The second-order valence-electron chi connectivity index (χ2n) is 6.70. The fourth-order valence-corrected chi connectivity index (χ4v) is 3.76. The first-order valence-corrected chi connectivity index (χ1v) is 9.08. The lowest BCUT2D eigenvalue weighted by atomic mass is 10.0. The summed E-state index contributed by atoms with van der Waals surface area (Å²) in [5, 5.41) is 0. The van der Waals surface area contributed by atoms with E-state index in [0.29, 0.717) is 0 Å². The Morgan fingerprint density at radius 3 is 2.23 bits per heavy atom. The van der Waals surface area contributed by atoms with E-state index >= 15 is 0 Å². The smallest absolute Gasteiger partial charge is 0.249 e. The third-order valence-electron chi connectivity index (χ3n) is 5.06. The van der Waals surface area contributed by atoms with Crippen molar-refractivity contribution in [3.8, 4) is 0 Å². The quantitative estimate of drug-likeness (QED) is 0.730. The number of carbonyl (C=O) groups excluding carboxylic acids is 1. The van der Waals surface area contributed by atoms with Crippen LogP contribution in [-0.4, -0.2) is 72.5 Å². The van der Waals surface area contributed by atoms with Crippen molar-refractivity contribution in [1.82, 2.24) is 14.7 Å². The van der Waals surface area contributed by atoms with Crippen molar-refractivity contribution in [1.29, 1.82) is 0 Å². The monoisotopic (exact) mass is 307 g/mol. The van der Waals surface area contributed by atoms with Crippen molar-refractivity contribution in [3.63, 3.8) is 0 Å². The fourth-order valence-electron chi connectivity index (χ4n) is 3.76. The average molecular weight is 307 g/mol. The molecular formula is C18H33N3O. The minimum atomic E-state index is 0.235. The summed E-state index contributed by atoms with van der Waals surface area (Å²) in [6.07, 6.45) is 6.83. The summed E-state index contributed by atoms with van der Waals surface area (Å²) in [6, 6.07) is 0.734. The number of piperazine rings is 1. The third-order valence-corrected chi connectivity index (χ3v) is 5.06. The maximum atomic E-state index is 12.3. The third kappa shape index (κ3) is 4.56. The molecule has 0 saturated carbocycles. The van der Waals surface area contributed by atoms with E-state index in [4.69, 9.17) is 0 Å². The van der Waals surface area contributed by atoms with Gasteiger partial charge < -0.3 is 9.80 Å². The van der Waals surface area contributed by atoms with Crippen LogP contribution < -0.4 is 0 Å². The zero-order valence-electron chi connectivity index (χ0n) is 14.7. The first kappa shape index (κ1) is 17.5. The van der Waals surface area contributed by atoms with Crippen molar-refractivity contribution < 1.29 is 4.79 Å². The van der Waals surface area contributed by atoms with E-state index in [1.165, 1.54) is 38.9 Å². The molecule has 2 fully saturated rings. The molecule has 0 aromatic carbocycles. The van der Waals surface area contributed by atoms with Crippen LogP contribution in [0.2, 0.25) is 0 Å². The number of rotatable bonds is 5. The predicted molar refractivity (Wildman–Crippen MR) is 92.0 cm³/mol. The number of hydrogen-bond donors (Lipinski definition) is 0. The number of amides is 1. The van der Waals surface area contributed by atoms with Crippen molar-refractivity contribution in [2.75, 3.05) is 45.8 Å². The van der Waals surface area contributed by atoms with Crippen molar-refractivity contribution in [2.24, 2.45) is 0 Å². The van der Waals surface area contributed by atoms with E-state index in [1.807, 2.05) is 17.9 Å². The highest BCUT2D eigenvalue weighted by Crippen LogP contribution is 2.19. The van der Waals surface area contributed by atoms with Crippen LogP contribution in [0.4, 0.5) is 0 Å². The van der Waals surface area contributed by atoms with Gasteiger partial charge in [-0.2, -0.15) is 0 Å². The summed E-state index contributed by atoms with van der Waals surface area (Å²) in [7, 11) is 0. The largest absolute Gasteiger partial charge is 0.336 e. The minimum absolute atomic E-state index is 0.235. The van der Waals surface area contributed by atoms with Gasteiger partial charge in [-0.15, -0.1) is 0 Å². The van der Waals surface area contributed by atoms with E-state index in [-0.39, 0.29) is 5.91 Å².